The van der Waals surface area contributed by atoms with Gasteiger partial charge in [0.15, 0.2) is 0 Å². The van der Waals surface area contributed by atoms with Crippen molar-refractivity contribution in [3.05, 3.63) is 0 Å². The molecule has 0 aromatic rings. The molecule has 1 nitrogen and oxygen atoms in total. The van der Waals surface area contributed by atoms with Gasteiger partial charge in [0, 0.05) is 13.2 Å². The van der Waals surface area contributed by atoms with E-state index in [0.29, 0.717) is 0 Å². The van der Waals surface area contributed by atoms with Crippen molar-refractivity contribution in [3.63, 3.8) is 0 Å². The summed E-state index contributed by atoms with van der Waals surface area (Å²) in [4.78, 5) is 0. The lowest BCUT2D eigenvalue weighted by Gasteiger charge is -2.06. The molecular weight excluding hydrogens is 569 g/mol. The summed E-state index contributed by atoms with van der Waals surface area (Å²) in [5, 5.41) is 0. The van der Waals surface area contributed by atoms with E-state index >= 15 is 0 Å². The lowest BCUT2D eigenvalue weighted by Crippen LogP contribution is -1.97. The zero-order valence-corrected chi connectivity index (χ0v) is 33.5. The summed E-state index contributed by atoms with van der Waals surface area (Å²) in [6.45, 7) is 6.61. The smallest absolute Gasteiger partial charge is 0.0466 e. The van der Waals surface area contributed by atoms with Crippen LogP contribution in [0.5, 0.6) is 0 Å². The molecule has 47 heavy (non-hydrogen) atoms. The van der Waals surface area contributed by atoms with Gasteiger partial charge in [-0.3, -0.25) is 0 Å². The Morgan fingerprint density at radius 2 is 0.298 bits per heavy atom. The third kappa shape index (κ3) is 46.0. The topological polar surface area (TPSA) is 9.23 Å². The SMILES string of the molecule is CCCCCCCCCCCCCCCCCCCCCCCCCCCCOCCCCCCCCCCCCCCCCCC. The van der Waals surface area contributed by atoms with Crippen molar-refractivity contribution in [3.8, 4) is 0 Å². The van der Waals surface area contributed by atoms with Gasteiger partial charge in [-0.15, -0.1) is 0 Å². The molecular formula is C46H94O. The molecule has 0 aliphatic rings. The lowest BCUT2D eigenvalue weighted by atomic mass is 10.0. The second-order valence-electron chi connectivity index (χ2n) is 15.8. The van der Waals surface area contributed by atoms with E-state index in [1.54, 1.807) is 0 Å². The average molecular weight is 663 g/mol. The van der Waals surface area contributed by atoms with Crippen LogP contribution in [0.25, 0.3) is 0 Å². The van der Waals surface area contributed by atoms with Crippen LogP contribution in [0.3, 0.4) is 0 Å². The molecule has 1 heteroatoms. The Bertz CT molecular complexity index is 457. The molecule has 0 aliphatic carbocycles. The van der Waals surface area contributed by atoms with E-state index in [4.69, 9.17) is 4.74 Å². The number of unbranched alkanes of at least 4 members (excludes halogenated alkanes) is 40. The molecule has 0 heterocycles. The molecule has 0 radical (unpaired) electrons. The van der Waals surface area contributed by atoms with Gasteiger partial charge in [0.05, 0.1) is 0 Å². The van der Waals surface area contributed by atoms with Crippen LogP contribution in [0, 0.1) is 0 Å². The molecule has 0 bridgehead atoms. The Morgan fingerprint density at radius 1 is 0.170 bits per heavy atom. The van der Waals surface area contributed by atoms with Crippen molar-refractivity contribution in [2.24, 2.45) is 0 Å². The Labute approximate surface area is 300 Å². The first-order chi connectivity index (χ1) is 23.4. The molecule has 0 amide bonds. The molecule has 0 atom stereocenters. The molecule has 0 rings (SSSR count). The molecule has 0 unspecified atom stereocenters. The van der Waals surface area contributed by atoms with Crippen molar-refractivity contribution < 1.29 is 4.74 Å². The minimum absolute atomic E-state index is 0.998. The fourth-order valence-electron chi connectivity index (χ4n) is 7.37. The summed E-state index contributed by atoms with van der Waals surface area (Å²) in [5.74, 6) is 0. The highest BCUT2D eigenvalue weighted by molar-refractivity contribution is 4.53. The fraction of sp³-hybridized carbons (Fsp3) is 1.00. The third-order valence-electron chi connectivity index (χ3n) is 10.8. The number of rotatable bonds is 44. The molecule has 0 aromatic heterocycles. The third-order valence-corrected chi connectivity index (χ3v) is 10.8. The van der Waals surface area contributed by atoms with Gasteiger partial charge in [-0.2, -0.15) is 0 Å². The molecule has 0 saturated carbocycles. The van der Waals surface area contributed by atoms with Crippen molar-refractivity contribution >= 4 is 0 Å². The molecule has 0 N–H and O–H groups in total. The van der Waals surface area contributed by atoms with Gasteiger partial charge in [0.2, 0.25) is 0 Å². The Balaban J connectivity index is 3.03. The van der Waals surface area contributed by atoms with Gasteiger partial charge >= 0.3 is 0 Å². The molecule has 284 valence electrons. The summed E-state index contributed by atoms with van der Waals surface area (Å²) in [5.41, 5.74) is 0. The zero-order valence-electron chi connectivity index (χ0n) is 33.5. The van der Waals surface area contributed by atoms with Crippen LogP contribution in [-0.2, 0) is 4.74 Å². The highest BCUT2D eigenvalue weighted by Crippen LogP contribution is 2.17. The second kappa shape index (κ2) is 46.0. The van der Waals surface area contributed by atoms with Crippen LogP contribution >= 0.6 is 0 Å². The van der Waals surface area contributed by atoms with Crippen LogP contribution < -0.4 is 0 Å². The van der Waals surface area contributed by atoms with E-state index < -0.39 is 0 Å². The van der Waals surface area contributed by atoms with Crippen molar-refractivity contribution in [1.29, 1.82) is 0 Å². The first-order valence-corrected chi connectivity index (χ1v) is 23.0. The molecule has 0 fully saturated rings. The summed E-state index contributed by atoms with van der Waals surface area (Å²) >= 11 is 0. The molecule has 0 spiro atoms. The van der Waals surface area contributed by atoms with Gasteiger partial charge in [0.1, 0.15) is 0 Å². The van der Waals surface area contributed by atoms with Crippen molar-refractivity contribution in [2.45, 2.75) is 284 Å². The maximum Gasteiger partial charge on any atom is 0.0466 e. The number of hydrogen-bond acceptors (Lipinski definition) is 1. The van der Waals surface area contributed by atoms with Crippen LogP contribution in [0.4, 0.5) is 0 Å². The molecule has 0 aromatic carbocycles. The van der Waals surface area contributed by atoms with Gasteiger partial charge in [-0.25, -0.2) is 0 Å². The van der Waals surface area contributed by atoms with Crippen LogP contribution in [0.1, 0.15) is 284 Å². The summed E-state index contributed by atoms with van der Waals surface area (Å²) in [6.07, 6.45) is 61.0. The van der Waals surface area contributed by atoms with E-state index in [-0.39, 0.29) is 0 Å². The van der Waals surface area contributed by atoms with E-state index in [0.717, 1.165) is 13.2 Å². The van der Waals surface area contributed by atoms with Crippen molar-refractivity contribution in [2.75, 3.05) is 13.2 Å². The number of ether oxygens (including phenoxy) is 1. The first kappa shape index (κ1) is 47.0. The summed E-state index contributed by atoms with van der Waals surface area (Å²) < 4.78 is 5.91. The predicted molar refractivity (Wildman–Crippen MR) is 216 cm³/mol. The monoisotopic (exact) mass is 663 g/mol. The van der Waals surface area contributed by atoms with Gasteiger partial charge in [-0.1, -0.05) is 271 Å². The van der Waals surface area contributed by atoms with E-state index in [1.165, 1.54) is 270 Å². The van der Waals surface area contributed by atoms with Crippen LogP contribution in [0.2, 0.25) is 0 Å². The Kier molecular flexibility index (Phi) is 45.9. The fourth-order valence-corrected chi connectivity index (χ4v) is 7.37. The minimum Gasteiger partial charge on any atom is -0.381 e. The average Bonchev–Trinajstić information content (AvgIpc) is 3.08. The van der Waals surface area contributed by atoms with Crippen molar-refractivity contribution in [1.82, 2.24) is 0 Å². The highest BCUT2D eigenvalue weighted by atomic mass is 16.5. The van der Waals surface area contributed by atoms with Gasteiger partial charge in [-0.05, 0) is 12.8 Å². The largest absolute Gasteiger partial charge is 0.381 e. The lowest BCUT2D eigenvalue weighted by molar-refractivity contribution is 0.125. The quantitative estimate of drug-likeness (QED) is 0.0590. The summed E-state index contributed by atoms with van der Waals surface area (Å²) in [7, 11) is 0. The van der Waals surface area contributed by atoms with E-state index in [2.05, 4.69) is 13.8 Å². The second-order valence-corrected chi connectivity index (χ2v) is 15.8. The van der Waals surface area contributed by atoms with Gasteiger partial charge in [0.25, 0.3) is 0 Å². The van der Waals surface area contributed by atoms with Crippen LogP contribution in [-0.4, -0.2) is 13.2 Å². The maximum atomic E-state index is 5.91. The predicted octanol–water partition coefficient (Wildman–Crippen LogP) is 17.4. The summed E-state index contributed by atoms with van der Waals surface area (Å²) in [6, 6.07) is 0. The minimum atomic E-state index is 0.998. The molecule has 0 aliphatic heterocycles. The highest BCUT2D eigenvalue weighted by Gasteiger charge is 1.98. The van der Waals surface area contributed by atoms with E-state index in [9.17, 15) is 0 Å². The maximum absolute atomic E-state index is 5.91. The Hall–Kier alpha value is -0.0400. The van der Waals surface area contributed by atoms with E-state index in [1.807, 2.05) is 0 Å². The number of hydrogen-bond donors (Lipinski definition) is 0. The Morgan fingerprint density at radius 3 is 0.447 bits per heavy atom. The first-order valence-electron chi connectivity index (χ1n) is 23.0. The van der Waals surface area contributed by atoms with Gasteiger partial charge < -0.3 is 4.74 Å². The molecule has 0 saturated heterocycles. The normalized spacial score (nSPS) is 11.6. The van der Waals surface area contributed by atoms with Crippen LogP contribution in [0.15, 0.2) is 0 Å². The zero-order chi connectivity index (χ0) is 33.8. The standard InChI is InChI=1S/C46H94O/c1-3-5-7-9-11-13-15-17-19-21-22-23-24-25-26-27-28-29-30-32-34-36-38-40-42-44-46-47-45-43-41-39-37-35-33-31-20-18-16-14-12-10-8-6-4-2/h3-46H2,1-2H3.